The van der Waals surface area contributed by atoms with E-state index in [2.05, 4.69) is 29.8 Å². The van der Waals surface area contributed by atoms with Crippen LogP contribution in [0.2, 0.25) is 0 Å². The van der Waals surface area contributed by atoms with Crippen molar-refractivity contribution in [1.29, 1.82) is 0 Å². The van der Waals surface area contributed by atoms with Crippen molar-refractivity contribution in [3.63, 3.8) is 0 Å². The van der Waals surface area contributed by atoms with E-state index in [1.165, 1.54) is 0 Å². The van der Waals surface area contributed by atoms with Crippen LogP contribution in [0, 0.1) is 0 Å². The minimum Gasteiger partial charge on any atom is -0.395 e. The van der Waals surface area contributed by atoms with Crippen LogP contribution >= 0.6 is 15.9 Å². The molecule has 0 aliphatic carbocycles. The molecule has 0 bridgehead atoms. The van der Waals surface area contributed by atoms with Gasteiger partial charge in [0.1, 0.15) is 0 Å². The molecule has 1 saturated heterocycles. The van der Waals surface area contributed by atoms with Crippen LogP contribution in [0.25, 0.3) is 0 Å². The van der Waals surface area contributed by atoms with Crippen LogP contribution < -0.4 is 0 Å². The second-order valence-corrected chi connectivity index (χ2v) is 7.26. The lowest BCUT2D eigenvalue weighted by Crippen LogP contribution is -2.39. The van der Waals surface area contributed by atoms with Gasteiger partial charge in [-0.2, -0.15) is 0 Å². The van der Waals surface area contributed by atoms with E-state index in [9.17, 15) is 10.2 Å². The summed E-state index contributed by atoms with van der Waals surface area (Å²) in [6.45, 7) is 4.01. The van der Waals surface area contributed by atoms with Crippen molar-refractivity contribution in [2.24, 2.45) is 0 Å². The minimum absolute atomic E-state index is 0.0831. The maximum absolute atomic E-state index is 9.88. The number of benzene rings is 1. The molecule has 1 aliphatic rings. The average molecular weight is 343 g/mol. The predicted molar refractivity (Wildman–Crippen MR) is 82.8 cm³/mol. The van der Waals surface area contributed by atoms with E-state index >= 15 is 0 Å². The second kappa shape index (κ2) is 6.14. The first-order valence-corrected chi connectivity index (χ1v) is 7.86. The number of aliphatic hydroxyl groups is 2. The molecule has 2 N–H and O–H groups in total. The molecule has 112 valence electrons. The molecule has 1 unspecified atom stereocenters. The normalized spacial score (nSPS) is 22.1. The molecule has 1 atom stereocenters. The van der Waals surface area contributed by atoms with Crippen LogP contribution in [0.4, 0.5) is 0 Å². The van der Waals surface area contributed by atoms with E-state index < -0.39 is 5.41 Å². The summed E-state index contributed by atoms with van der Waals surface area (Å²) in [6.07, 6.45) is 2.72. The number of hydrogen-bond donors (Lipinski definition) is 2. The third-order valence-electron chi connectivity index (χ3n) is 4.21. The number of hydrogen-bond acceptors (Lipinski definition) is 3. The molecular formula is C16H23BrO3. The Morgan fingerprint density at radius 1 is 1.35 bits per heavy atom. The molecule has 4 heteroatoms. The van der Waals surface area contributed by atoms with Crippen LogP contribution in [0.1, 0.15) is 38.7 Å². The molecular weight excluding hydrogens is 320 g/mol. The molecule has 0 radical (unpaired) electrons. The first-order valence-electron chi connectivity index (χ1n) is 7.06. The van der Waals surface area contributed by atoms with Gasteiger partial charge in [0.05, 0.1) is 24.9 Å². The zero-order valence-corrected chi connectivity index (χ0v) is 13.7. The third-order valence-corrected chi connectivity index (χ3v) is 4.71. The number of halogens is 1. The van der Waals surface area contributed by atoms with Gasteiger partial charge in [-0.15, -0.1) is 0 Å². The monoisotopic (exact) mass is 342 g/mol. The van der Waals surface area contributed by atoms with Crippen molar-refractivity contribution < 1.29 is 14.9 Å². The number of ether oxygens (including phenoxy) is 1. The second-order valence-electron chi connectivity index (χ2n) is 6.35. The Bertz CT molecular complexity index is 455. The lowest BCUT2D eigenvalue weighted by molar-refractivity contribution is -0.0381. The fourth-order valence-corrected chi connectivity index (χ4v) is 3.35. The summed E-state index contributed by atoms with van der Waals surface area (Å²) in [4.78, 5) is 0. The minimum atomic E-state index is -0.644. The highest BCUT2D eigenvalue weighted by atomic mass is 79.9. The standard InChI is InChI=1S/C16H23BrO3/c1-15(2)7-6-14(20-15)9-16(10-18,11-19)12-4-3-5-13(17)8-12/h3-5,8,14,18-19H,6-7,9-11H2,1-2H3. The quantitative estimate of drug-likeness (QED) is 0.864. The maximum atomic E-state index is 9.88. The van der Waals surface area contributed by atoms with Gasteiger partial charge in [0.25, 0.3) is 0 Å². The fourth-order valence-electron chi connectivity index (χ4n) is 2.96. The smallest absolute Gasteiger partial charge is 0.0631 e. The van der Waals surface area contributed by atoms with Gasteiger partial charge >= 0.3 is 0 Å². The molecule has 1 aliphatic heterocycles. The van der Waals surface area contributed by atoms with Crippen molar-refractivity contribution in [3.8, 4) is 0 Å². The van der Waals surface area contributed by atoms with Gasteiger partial charge in [-0.25, -0.2) is 0 Å². The molecule has 0 aromatic heterocycles. The van der Waals surface area contributed by atoms with Crippen LogP contribution in [-0.4, -0.2) is 35.1 Å². The lowest BCUT2D eigenvalue weighted by Gasteiger charge is -2.33. The highest BCUT2D eigenvalue weighted by Gasteiger charge is 2.39. The Kier molecular flexibility index (Phi) is 4.90. The van der Waals surface area contributed by atoms with Gasteiger partial charge in [-0.1, -0.05) is 28.1 Å². The Labute approximate surface area is 129 Å². The Balaban J connectivity index is 2.22. The predicted octanol–water partition coefficient (Wildman–Crippen LogP) is 3.02. The molecule has 20 heavy (non-hydrogen) atoms. The fraction of sp³-hybridized carbons (Fsp3) is 0.625. The largest absolute Gasteiger partial charge is 0.395 e. The zero-order chi connectivity index (χ0) is 14.8. The van der Waals surface area contributed by atoms with Gasteiger partial charge in [0.15, 0.2) is 0 Å². The Morgan fingerprint density at radius 3 is 2.55 bits per heavy atom. The van der Waals surface area contributed by atoms with E-state index in [0.29, 0.717) is 6.42 Å². The average Bonchev–Trinajstić information content (AvgIpc) is 2.75. The molecule has 0 saturated carbocycles. The van der Waals surface area contributed by atoms with Gasteiger partial charge in [0, 0.05) is 9.89 Å². The highest BCUT2D eigenvalue weighted by Crippen LogP contribution is 2.38. The first kappa shape index (κ1) is 16.0. The van der Waals surface area contributed by atoms with Crippen LogP contribution in [-0.2, 0) is 10.2 Å². The van der Waals surface area contributed by atoms with E-state index in [1.807, 2.05) is 24.3 Å². The first-order chi connectivity index (χ1) is 9.41. The van der Waals surface area contributed by atoms with E-state index in [1.54, 1.807) is 0 Å². The van der Waals surface area contributed by atoms with Gasteiger partial charge < -0.3 is 14.9 Å². The lowest BCUT2D eigenvalue weighted by atomic mass is 9.77. The van der Waals surface area contributed by atoms with Crippen molar-refractivity contribution >= 4 is 15.9 Å². The summed E-state index contributed by atoms with van der Waals surface area (Å²) in [5.74, 6) is 0. The zero-order valence-electron chi connectivity index (χ0n) is 12.1. The summed E-state index contributed by atoms with van der Waals surface area (Å²) < 4.78 is 6.98. The molecule has 1 aromatic carbocycles. The molecule has 1 aromatic rings. The molecule has 1 fully saturated rings. The maximum Gasteiger partial charge on any atom is 0.0631 e. The third kappa shape index (κ3) is 3.42. The van der Waals surface area contributed by atoms with E-state index in [-0.39, 0.29) is 24.9 Å². The summed E-state index contributed by atoms with van der Waals surface area (Å²) in [6, 6.07) is 7.79. The van der Waals surface area contributed by atoms with Gasteiger partial charge in [-0.3, -0.25) is 0 Å². The van der Waals surface area contributed by atoms with E-state index in [0.717, 1.165) is 22.9 Å². The summed E-state index contributed by atoms with van der Waals surface area (Å²) in [5, 5.41) is 19.8. The molecule has 3 nitrogen and oxygen atoms in total. The Hall–Kier alpha value is -0.420. The summed E-state index contributed by atoms with van der Waals surface area (Å²) in [5.41, 5.74) is 0.207. The molecule has 0 spiro atoms. The topological polar surface area (TPSA) is 49.7 Å². The van der Waals surface area contributed by atoms with Crippen LogP contribution in [0.5, 0.6) is 0 Å². The van der Waals surface area contributed by atoms with Crippen molar-refractivity contribution in [3.05, 3.63) is 34.3 Å². The van der Waals surface area contributed by atoms with Crippen LogP contribution in [0.15, 0.2) is 28.7 Å². The number of aliphatic hydroxyl groups excluding tert-OH is 2. The summed E-state index contributed by atoms with van der Waals surface area (Å²) in [7, 11) is 0. The van der Waals surface area contributed by atoms with Crippen LogP contribution in [0.3, 0.4) is 0 Å². The highest BCUT2D eigenvalue weighted by molar-refractivity contribution is 9.10. The molecule has 0 amide bonds. The molecule has 1 heterocycles. The molecule has 2 rings (SSSR count). The van der Waals surface area contributed by atoms with Crippen molar-refractivity contribution in [2.45, 2.75) is 50.2 Å². The number of rotatable bonds is 5. The van der Waals surface area contributed by atoms with E-state index in [4.69, 9.17) is 4.74 Å². The van der Waals surface area contributed by atoms with Gasteiger partial charge in [0.2, 0.25) is 0 Å². The SMILES string of the molecule is CC1(C)CCC(CC(CO)(CO)c2cccc(Br)c2)O1. The van der Waals surface area contributed by atoms with Crippen molar-refractivity contribution in [2.75, 3.05) is 13.2 Å². The summed E-state index contributed by atoms with van der Waals surface area (Å²) >= 11 is 3.45. The van der Waals surface area contributed by atoms with Gasteiger partial charge in [-0.05, 0) is 50.8 Å². The van der Waals surface area contributed by atoms with Crippen molar-refractivity contribution in [1.82, 2.24) is 0 Å². The Morgan fingerprint density at radius 2 is 2.05 bits per heavy atom.